The third kappa shape index (κ3) is 20.6. The van der Waals surface area contributed by atoms with Crippen LogP contribution in [0.2, 0.25) is 0 Å². The molecule has 0 aromatic heterocycles. The van der Waals surface area contributed by atoms with Crippen LogP contribution in [0.25, 0.3) is 54.3 Å². The molecule has 412 valence electrons. The predicted molar refractivity (Wildman–Crippen MR) is 254 cm³/mol. The van der Waals surface area contributed by atoms with Crippen LogP contribution in [0.1, 0.15) is 56.8 Å². The number of nitrogen functional groups attached to an aromatic ring is 1. The molecule has 1 atom stereocenters. The molecule has 76 heavy (non-hydrogen) atoms. The monoisotopic (exact) mass is 1110 g/mol. The number of carbonyl (C=O) groups is 8. The van der Waals surface area contributed by atoms with Crippen LogP contribution >= 0.6 is 0 Å². The van der Waals surface area contributed by atoms with Crippen LogP contribution in [-0.4, -0.2) is 139 Å². The first-order chi connectivity index (χ1) is 35.2. The van der Waals surface area contributed by atoms with Crippen molar-refractivity contribution in [2.24, 2.45) is 16.0 Å². The number of carboxylic acids is 3. The first kappa shape index (κ1) is 65.2. The minimum Gasteiger partial charge on any atom is -0.744 e. The van der Waals surface area contributed by atoms with E-state index in [1.54, 1.807) is 0 Å². The Bertz CT molecular complexity index is 3140. The number of unbranched alkanes of at least 4 members (excludes halogenated alkanes) is 1. The van der Waals surface area contributed by atoms with Crippen molar-refractivity contribution in [1.82, 2.24) is 15.9 Å². The highest BCUT2D eigenvalue weighted by molar-refractivity contribution is 7.86. The Balaban J connectivity index is 0.000000568. The average Bonchev–Trinajstić information content (AvgIpc) is 3.63. The van der Waals surface area contributed by atoms with Gasteiger partial charge in [0, 0.05) is 52.6 Å². The van der Waals surface area contributed by atoms with E-state index in [1.807, 2.05) is 10.8 Å². The number of aromatic carboxylic acids is 1. The largest absolute Gasteiger partial charge is 0.744 e. The van der Waals surface area contributed by atoms with Crippen molar-refractivity contribution in [3.63, 3.8) is 0 Å². The Morgan fingerprint density at radius 2 is 1.46 bits per heavy atom. The minimum atomic E-state index is -5.32. The van der Waals surface area contributed by atoms with Gasteiger partial charge in [-0.05, 0) is 59.8 Å². The molecule has 33 nitrogen and oxygen atoms in total. The molecule has 1 saturated heterocycles. The lowest BCUT2D eigenvalue weighted by atomic mass is 9.90. The summed E-state index contributed by atoms with van der Waals surface area (Å²) in [6, 6.07) is 9.36. The normalized spacial score (nSPS) is 12.0. The number of azide groups is 2. The van der Waals surface area contributed by atoms with Crippen molar-refractivity contribution >= 4 is 84.4 Å². The molecule has 35 heteroatoms. The molecule has 2 heterocycles. The van der Waals surface area contributed by atoms with Crippen LogP contribution in [0.15, 0.2) is 73.0 Å². The number of imide groups is 1. The zero-order chi connectivity index (χ0) is 56.6. The molecule has 0 bridgehead atoms. The number of benzene rings is 3. The van der Waals surface area contributed by atoms with Crippen molar-refractivity contribution in [1.29, 1.82) is 5.41 Å². The van der Waals surface area contributed by atoms with Crippen LogP contribution in [0, 0.1) is 5.41 Å². The summed E-state index contributed by atoms with van der Waals surface area (Å²) in [6.07, 6.45) is 2.05. The zero-order valence-electron chi connectivity index (χ0n) is 38.8. The molecular weight excluding hydrogens is 1060 g/mol. The molecule has 1 unspecified atom stereocenters. The predicted octanol–water partition coefficient (Wildman–Crippen LogP) is 1.46. The Hall–Kier alpha value is -8.79. The molecule has 0 spiro atoms. The fraction of sp³-hybridized carbons (Fsp3) is 0.341. The number of ether oxygens (including phenoxy) is 1. The number of hydrogen-bond donors (Lipinski definition) is 8. The number of carboxylic acid groups (broad SMARTS) is 3. The second-order valence-electron chi connectivity index (χ2n) is 14.5. The van der Waals surface area contributed by atoms with E-state index >= 15 is 0 Å². The molecule has 2 aromatic carbocycles. The summed E-state index contributed by atoms with van der Waals surface area (Å²) in [5.41, 5.74) is 27.2. The first-order valence-electron chi connectivity index (χ1n) is 20.8. The van der Waals surface area contributed by atoms with Crippen LogP contribution in [0.4, 0.5) is 5.69 Å². The molecule has 0 radical (unpaired) electrons. The molecule has 2 aliphatic heterocycles. The lowest BCUT2D eigenvalue weighted by molar-refractivity contribution is -0.195. The Morgan fingerprint density at radius 1 is 0.868 bits per heavy atom. The third-order valence-corrected chi connectivity index (χ3v) is 10.8. The quantitative estimate of drug-likeness (QED) is 0.00674. The van der Waals surface area contributed by atoms with Gasteiger partial charge in [-0.3, -0.25) is 39.0 Å². The smallest absolute Gasteiger partial charge is 0.336 e. The van der Waals surface area contributed by atoms with E-state index in [2.05, 4.69) is 34.5 Å². The number of fused-ring (bicyclic) bond motifs is 2. The molecule has 3 aliphatic rings. The molecular formula is C41H48N12O21S2-2. The van der Waals surface area contributed by atoms with Gasteiger partial charge >= 0.3 is 23.9 Å². The number of carbonyl (C=O) groups excluding carboxylic acids is 5. The highest BCUT2D eigenvalue weighted by Crippen LogP contribution is 2.45. The van der Waals surface area contributed by atoms with E-state index in [4.69, 9.17) is 42.6 Å². The lowest BCUT2D eigenvalue weighted by Gasteiger charge is -2.22. The van der Waals surface area contributed by atoms with Gasteiger partial charge in [-0.2, -0.15) is 0 Å². The summed E-state index contributed by atoms with van der Waals surface area (Å²) in [5.74, 6) is -7.09. The number of nitrogens with one attached hydrogen (secondary N) is 3. The summed E-state index contributed by atoms with van der Waals surface area (Å²) in [6.45, 7) is 0.226. The van der Waals surface area contributed by atoms with Crippen molar-refractivity contribution in [3.8, 4) is 22.5 Å². The van der Waals surface area contributed by atoms with Crippen LogP contribution in [0.5, 0.6) is 0 Å². The van der Waals surface area contributed by atoms with Crippen LogP contribution < -0.4 is 27.6 Å². The maximum Gasteiger partial charge on any atom is 0.336 e. The zero-order valence-corrected chi connectivity index (χ0v) is 40.4. The summed E-state index contributed by atoms with van der Waals surface area (Å²) >= 11 is 0. The maximum absolute atomic E-state index is 12.0. The van der Waals surface area contributed by atoms with Crippen molar-refractivity contribution in [3.05, 3.63) is 80.3 Å². The molecule has 4 amide bonds. The number of nitrogens with zero attached hydrogens (tertiary/aromatic N) is 7. The second kappa shape index (κ2) is 31.1. The Kier molecular flexibility index (Phi) is 26.7. The number of amides is 4. The van der Waals surface area contributed by atoms with Gasteiger partial charge < -0.3 is 55.2 Å². The van der Waals surface area contributed by atoms with Gasteiger partial charge in [0.05, 0.1) is 29.8 Å². The van der Waals surface area contributed by atoms with Crippen molar-refractivity contribution in [2.45, 2.75) is 62.3 Å². The van der Waals surface area contributed by atoms with Gasteiger partial charge in [0.25, 0.3) is 17.7 Å². The van der Waals surface area contributed by atoms with E-state index in [-0.39, 0.29) is 61.1 Å². The molecule has 1 aliphatic carbocycles. The highest BCUT2D eigenvalue weighted by Gasteiger charge is 2.32. The molecule has 1 fully saturated rings. The molecule has 10 N–H and O–H groups in total. The fourth-order valence-corrected chi connectivity index (χ4v) is 7.37. The van der Waals surface area contributed by atoms with Gasteiger partial charge in [-0.25, -0.2) is 31.9 Å². The summed E-state index contributed by atoms with van der Waals surface area (Å²) in [5, 5.41) is 42.4. The van der Waals surface area contributed by atoms with Gasteiger partial charge in [-0.1, -0.05) is 42.3 Å². The Labute approximate surface area is 429 Å². The first-order valence-corrected chi connectivity index (χ1v) is 23.6. The highest BCUT2D eigenvalue weighted by atomic mass is 32.2. The molecule has 0 saturated carbocycles. The second-order valence-corrected chi connectivity index (χ2v) is 17.1. The Morgan fingerprint density at radius 3 is 2.01 bits per heavy atom. The standard InChI is InChI=1S/C20H14N2O9S2.C8H13N5O6.C6H12N4O2.C6H7NO4.CH4/c21-13-7-5-11-15(9-3-1-2-4-10(9)20(23)24)12-6-8-14(22)19(33(28,29)30)17(12)31-16(11)18(13)32(25,26)27;9-13-11-1-2-19-12-7(15)5-18-4-6(14)10-3-8(16)17;7-5(6(11)12)3-1-2-4-9-10-8;1-4(8)11-7-5(9)2-3-6(7)10;/h1-8,21H,22H2,(H,23,24)(H,25,26,27)(H,28,29,30);1-5H2,(H,10,14)(H,12,15)(H,16,17);5H,1-4,7H2,(H,11,12);2-3H2,1H3;1H4/p-2. The number of hydrogen-bond acceptors (Lipinski definition) is 23. The van der Waals surface area contributed by atoms with E-state index in [1.165, 1.54) is 36.4 Å². The number of anilines is 1. The van der Waals surface area contributed by atoms with Gasteiger partial charge in [-0.15, -0.1) is 5.06 Å². The summed E-state index contributed by atoms with van der Waals surface area (Å²) in [7, 11) is -10.6. The lowest BCUT2D eigenvalue weighted by Crippen LogP contribution is -2.34. The minimum absolute atomic E-state index is 0. The number of rotatable bonds is 21. The number of nitrogens with two attached hydrogens (primary N) is 2. The third-order valence-electron chi connectivity index (χ3n) is 9.00. The maximum atomic E-state index is 12.0. The van der Waals surface area contributed by atoms with E-state index in [0.29, 0.717) is 30.9 Å². The van der Waals surface area contributed by atoms with E-state index in [9.17, 15) is 69.4 Å². The van der Waals surface area contributed by atoms with Gasteiger partial charge in [0.1, 0.15) is 55.8 Å². The van der Waals surface area contributed by atoms with Crippen LogP contribution in [0.3, 0.4) is 0 Å². The summed E-state index contributed by atoms with van der Waals surface area (Å²) < 4.78 is 81.9. The SMILES string of the molecule is C.CC(=O)ON1C(=O)CCC1=O.N=c1ccc2c(-c3ccccc3C(=O)O)c3ccc(N)c(S(=O)(=O)[O-])c3oc-2c1S(=O)(=O)[O-].[N-]=[N+]=NCCCCC(N)C(=O)O.[N-]=[N+]=NCCONC(=O)COCC(=O)NCC(=O)O. The van der Waals surface area contributed by atoms with Gasteiger partial charge in [0.2, 0.25) is 5.91 Å². The number of aliphatic carboxylic acids is 2. The summed E-state index contributed by atoms with van der Waals surface area (Å²) in [4.78, 5) is 97.9. The fourth-order valence-electron chi connectivity index (χ4n) is 5.92. The molecule has 2 aromatic rings. The topological polar surface area (TPSA) is 553 Å². The van der Waals surface area contributed by atoms with Gasteiger partial charge in [0.15, 0.2) is 11.3 Å². The van der Waals surface area contributed by atoms with E-state index < -0.39 is 126 Å². The van der Waals surface area contributed by atoms with Crippen molar-refractivity contribution < 1.29 is 98.4 Å². The molecule has 5 rings (SSSR count). The van der Waals surface area contributed by atoms with E-state index in [0.717, 1.165) is 19.1 Å². The average molecular weight is 1110 g/mol. The number of hydroxylamine groups is 3. The van der Waals surface area contributed by atoms with Crippen molar-refractivity contribution in [2.75, 3.05) is 45.2 Å². The van der Waals surface area contributed by atoms with Crippen LogP contribution in [-0.2, 0) is 68.2 Å².